The zero-order valence-corrected chi connectivity index (χ0v) is 11.8. The summed E-state index contributed by atoms with van der Waals surface area (Å²) in [6, 6.07) is 3.95. The van der Waals surface area contributed by atoms with Crippen molar-refractivity contribution in [1.29, 1.82) is 0 Å². The Labute approximate surface area is 123 Å². The molecule has 21 heavy (non-hydrogen) atoms. The van der Waals surface area contributed by atoms with E-state index in [9.17, 15) is 0 Å². The normalized spacial score (nSPS) is 18.8. The van der Waals surface area contributed by atoms with E-state index in [0.29, 0.717) is 5.92 Å². The van der Waals surface area contributed by atoms with E-state index in [1.165, 1.54) is 18.5 Å². The number of piperazine rings is 1. The van der Waals surface area contributed by atoms with Gasteiger partial charge in [0.05, 0.1) is 0 Å². The van der Waals surface area contributed by atoms with Gasteiger partial charge in [-0.2, -0.15) is 10.1 Å². The topological polar surface area (TPSA) is 81.8 Å². The molecule has 1 aliphatic heterocycles. The summed E-state index contributed by atoms with van der Waals surface area (Å²) in [6.07, 6.45) is 4.33. The van der Waals surface area contributed by atoms with Crippen molar-refractivity contribution < 1.29 is 0 Å². The summed E-state index contributed by atoms with van der Waals surface area (Å²) < 4.78 is 0. The molecule has 2 aliphatic rings. The van der Waals surface area contributed by atoms with Crippen LogP contribution < -0.4 is 15.5 Å². The lowest BCUT2D eigenvalue weighted by atomic mass is 10.3. The Morgan fingerprint density at radius 3 is 2.86 bits per heavy atom. The van der Waals surface area contributed by atoms with Crippen LogP contribution >= 0.6 is 0 Å². The number of H-pyrrole nitrogens is 1. The van der Waals surface area contributed by atoms with Crippen LogP contribution in [0.5, 0.6) is 0 Å². The van der Waals surface area contributed by atoms with Gasteiger partial charge < -0.3 is 15.5 Å². The number of anilines is 3. The highest BCUT2D eigenvalue weighted by Gasteiger charge is 2.25. The van der Waals surface area contributed by atoms with E-state index < -0.39 is 0 Å². The summed E-state index contributed by atoms with van der Waals surface area (Å²) in [4.78, 5) is 11.1. The highest BCUT2D eigenvalue weighted by atomic mass is 15.3. The van der Waals surface area contributed by atoms with Crippen molar-refractivity contribution in [3.05, 3.63) is 24.0 Å². The van der Waals surface area contributed by atoms with Crippen LogP contribution in [0.1, 0.15) is 24.5 Å². The van der Waals surface area contributed by atoms with Crippen LogP contribution in [0.3, 0.4) is 0 Å². The molecule has 0 amide bonds. The van der Waals surface area contributed by atoms with Crippen molar-refractivity contribution in [3.8, 4) is 0 Å². The molecule has 2 aromatic heterocycles. The largest absolute Gasteiger partial charge is 0.338 e. The molecular formula is C14H19N7. The van der Waals surface area contributed by atoms with Crippen molar-refractivity contribution in [3.63, 3.8) is 0 Å². The quantitative estimate of drug-likeness (QED) is 0.784. The van der Waals surface area contributed by atoms with Gasteiger partial charge in [-0.15, -0.1) is 0 Å². The molecule has 3 N–H and O–H groups in total. The molecule has 4 rings (SSSR count). The minimum atomic E-state index is 0.676. The zero-order chi connectivity index (χ0) is 14.1. The minimum Gasteiger partial charge on any atom is -0.338 e. The molecular weight excluding hydrogens is 266 g/mol. The summed E-state index contributed by atoms with van der Waals surface area (Å²) in [5, 5.41) is 14.0. The van der Waals surface area contributed by atoms with Crippen LogP contribution in [0, 0.1) is 0 Å². The number of hydrogen-bond donors (Lipinski definition) is 3. The van der Waals surface area contributed by atoms with Crippen molar-refractivity contribution in [1.82, 2.24) is 25.5 Å². The number of nitrogens with one attached hydrogen (secondary N) is 3. The summed E-state index contributed by atoms with van der Waals surface area (Å²) in [5.41, 5.74) is 1.22. The highest BCUT2D eigenvalue weighted by molar-refractivity contribution is 5.53. The number of aromatic nitrogens is 4. The average molecular weight is 285 g/mol. The molecule has 0 unspecified atom stereocenters. The minimum absolute atomic E-state index is 0.676. The molecule has 1 saturated carbocycles. The molecule has 2 fully saturated rings. The van der Waals surface area contributed by atoms with Crippen molar-refractivity contribution >= 4 is 17.6 Å². The van der Waals surface area contributed by atoms with Crippen LogP contribution in [-0.2, 0) is 0 Å². The number of hydrogen-bond acceptors (Lipinski definition) is 6. The standard InChI is InChI=1S/C14H19N7/c1-2-10(1)11-9-13(20-19-11)17-12-3-4-16-14(18-12)21-7-5-15-6-8-21/h3-4,9-10,15H,1-2,5-8H2,(H2,16,17,18,19,20). The van der Waals surface area contributed by atoms with Gasteiger partial charge in [0.1, 0.15) is 5.82 Å². The maximum Gasteiger partial charge on any atom is 0.227 e. The van der Waals surface area contributed by atoms with E-state index in [2.05, 4.69) is 41.8 Å². The Kier molecular flexibility index (Phi) is 3.19. The SMILES string of the molecule is c1cc(Nc2cc(C3CC3)[nH]n2)nc(N2CCNCC2)n1. The first kappa shape index (κ1) is 12.6. The van der Waals surface area contributed by atoms with E-state index in [-0.39, 0.29) is 0 Å². The van der Waals surface area contributed by atoms with Crippen molar-refractivity contribution in [2.75, 3.05) is 36.4 Å². The first-order valence-electron chi connectivity index (χ1n) is 7.49. The van der Waals surface area contributed by atoms with Gasteiger partial charge in [0, 0.05) is 50.1 Å². The third kappa shape index (κ3) is 2.82. The predicted molar refractivity (Wildman–Crippen MR) is 81.0 cm³/mol. The smallest absolute Gasteiger partial charge is 0.227 e. The van der Waals surface area contributed by atoms with E-state index in [1.54, 1.807) is 6.20 Å². The van der Waals surface area contributed by atoms with Gasteiger partial charge in [0.2, 0.25) is 5.95 Å². The third-order valence-electron chi connectivity index (χ3n) is 3.91. The fraction of sp³-hybridized carbons (Fsp3) is 0.500. The molecule has 110 valence electrons. The third-order valence-corrected chi connectivity index (χ3v) is 3.91. The Bertz CT molecular complexity index is 613. The zero-order valence-electron chi connectivity index (χ0n) is 11.8. The van der Waals surface area contributed by atoms with Crippen LogP contribution in [0.4, 0.5) is 17.6 Å². The summed E-state index contributed by atoms with van der Waals surface area (Å²) in [7, 11) is 0. The van der Waals surface area contributed by atoms with Crippen LogP contribution in [0.2, 0.25) is 0 Å². The Morgan fingerprint density at radius 2 is 2.05 bits per heavy atom. The first-order valence-corrected chi connectivity index (χ1v) is 7.49. The van der Waals surface area contributed by atoms with Crippen LogP contribution in [0.15, 0.2) is 18.3 Å². The second-order valence-electron chi connectivity index (χ2n) is 5.59. The van der Waals surface area contributed by atoms with Crippen molar-refractivity contribution in [2.24, 2.45) is 0 Å². The molecule has 0 spiro atoms. The number of rotatable bonds is 4. The molecule has 1 saturated heterocycles. The predicted octanol–water partition coefficient (Wildman–Crippen LogP) is 1.23. The fourth-order valence-electron chi connectivity index (χ4n) is 2.57. The lowest BCUT2D eigenvalue weighted by molar-refractivity contribution is 0.580. The van der Waals surface area contributed by atoms with Gasteiger partial charge in [0.15, 0.2) is 5.82 Å². The molecule has 0 atom stereocenters. The van der Waals surface area contributed by atoms with Gasteiger partial charge >= 0.3 is 0 Å². The lowest BCUT2D eigenvalue weighted by Crippen LogP contribution is -2.44. The highest BCUT2D eigenvalue weighted by Crippen LogP contribution is 2.39. The molecule has 2 aromatic rings. The molecule has 0 radical (unpaired) electrons. The van der Waals surface area contributed by atoms with E-state index in [4.69, 9.17) is 0 Å². The maximum atomic E-state index is 4.58. The van der Waals surface area contributed by atoms with Crippen LogP contribution in [-0.4, -0.2) is 46.3 Å². The van der Waals surface area contributed by atoms with Gasteiger partial charge in [-0.1, -0.05) is 0 Å². The summed E-state index contributed by atoms with van der Waals surface area (Å²) in [5.74, 6) is 3.06. The van der Waals surface area contributed by atoms with E-state index >= 15 is 0 Å². The number of nitrogens with zero attached hydrogens (tertiary/aromatic N) is 4. The summed E-state index contributed by atoms with van der Waals surface area (Å²) >= 11 is 0. The molecule has 7 heteroatoms. The maximum absolute atomic E-state index is 4.58. The van der Waals surface area contributed by atoms with Gasteiger partial charge in [-0.3, -0.25) is 5.10 Å². The molecule has 1 aliphatic carbocycles. The monoisotopic (exact) mass is 285 g/mol. The van der Waals surface area contributed by atoms with Gasteiger partial charge in [-0.05, 0) is 18.9 Å². The van der Waals surface area contributed by atoms with Crippen LogP contribution in [0.25, 0.3) is 0 Å². The summed E-state index contributed by atoms with van der Waals surface area (Å²) in [6.45, 7) is 3.84. The average Bonchev–Trinajstić information content (AvgIpc) is 3.29. The molecule has 0 aromatic carbocycles. The fourth-order valence-corrected chi connectivity index (χ4v) is 2.57. The van der Waals surface area contributed by atoms with E-state index in [0.717, 1.165) is 43.8 Å². The Balaban J connectivity index is 1.48. The van der Waals surface area contributed by atoms with Gasteiger partial charge in [-0.25, -0.2) is 4.98 Å². The second kappa shape index (κ2) is 5.33. The Morgan fingerprint density at radius 1 is 1.19 bits per heavy atom. The molecule has 7 nitrogen and oxygen atoms in total. The van der Waals surface area contributed by atoms with Gasteiger partial charge in [0.25, 0.3) is 0 Å². The second-order valence-corrected chi connectivity index (χ2v) is 5.59. The first-order chi connectivity index (χ1) is 10.4. The van der Waals surface area contributed by atoms with Crippen molar-refractivity contribution in [2.45, 2.75) is 18.8 Å². The van der Waals surface area contributed by atoms with E-state index in [1.807, 2.05) is 6.07 Å². The molecule has 0 bridgehead atoms. The molecule has 3 heterocycles. The lowest BCUT2D eigenvalue weighted by Gasteiger charge is -2.27. The number of aromatic amines is 1. The Hall–Kier alpha value is -2.15.